The van der Waals surface area contributed by atoms with Gasteiger partial charge in [-0.3, -0.25) is 5.41 Å². The molecule has 0 radical (unpaired) electrons. The summed E-state index contributed by atoms with van der Waals surface area (Å²) in [6, 6.07) is 0. The van der Waals surface area contributed by atoms with Gasteiger partial charge in [0.15, 0.2) is 5.96 Å². The molecule has 0 aliphatic carbocycles. The summed E-state index contributed by atoms with van der Waals surface area (Å²) in [6.45, 7) is 2.02. The topological polar surface area (TPSA) is 101 Å². The number of nitrogens with zero attached hydrogens (tertiary/aromatic N) is 2. The first-order chi connectivity index (χ1) is 5.16. The predicted octanol–water partition coefficient (Wildman–Crippen LogP) is 0.487. The lowest BCUT2D eigenvalue weighted by molar-refractivity contribution is 1.01. The van der Waals surface area contributed by atoms with Gasteiger partial charge in [0.2, 0.25) is 5.96 Å². The lowest BCUT2D eigenvalue weighted by atomic mass is 10.4. The van der Waals surface area contributed by atoms with Gasteiger partial charge in [0.25, 0.3) is 0 Å². The van der Waals surface area contributed by atoms with Gasteiger partial charge in [-0.25, -0.2) is 4.99 Å². The number of rotatable bonds is 2. The molecule has 0 aromatic carbocycles. The summed E-state index contributed by atoms with van der Waals surface area (Å²) in [5, 5.41) is 7.05. The highest BCUT2D eigenvalue weighted by Crippen LogP contribution is 1.82. The van der Waals surface area contributed by atoms with Crippen LogP contribution in [0, 0.1) is 5.41 Å². The number of nitrogens with two attached hydrogens (primary N) is 2. The first-order valence-corrected chi connectivity index (χ1v) is 3.37. The van der Waals surface area contributed by atoms with Crippen molar-refractivity contribution in [3.63, 3.8) is 0 Å². The Bertz CT molecular complexity index is 182. The normalized spacial score (nSPS) is 9.08. The molecule has 0 aromatic heterocycles. The Labute approximate surface area is 77.9 Å². The molecule has 0 atom stereocenters. The van der Waals surface area contributed by atoms with Crippen molar-refractivity contribution in [3.8, 4) is 0 Å². The second kappa shape index (κ2) is 8.00. The van der Waals surface area contributed by atoms with Crippen molar-refractivity contribution >= 4 is 30.5 Å². The Kier molecular flexibility index (Phi) is 8.99. The molecule has 0 saturated carbocycles. The lowest BCUT2D eigenvalue weighted by Gasteiger charge is -1.88. The predicted molar refractivity (Wildman–Crippen MR) is 54.2 cm³/mol. The van der Waals surface area contributed by atoms with Gasteiger partial charge in [-0.2, -0.15) is 4.99 Å². The number of guanidine groups is 2. The van der Waals surface area contributed by atoms with Gasteiger partial charge in [-0.05, 0) is 6.42 Å². The highest BCUT2D eigenvalue weighted by atomic mass is 35.5. The maximum Gasteiger partial charge on any atom is 0.244 e. The molecule has 5 nitrogen and oxygen atoms in total. The monoisotopic (exact) mass is 191 g/mol. The zero-order chi connectivity index (χ0) is 8.69. The van der Waals surface area contributed by atoms with Crippen molar-refractivity contribution in [2.75, 3.05) is 0 Å². The molecular weight excluding hydrogens is 178 g/mol. The third-order valence-corrected chi connectivity index (χ3v) is 0.866. The molecule has 0 aliphatic rings. The van der Waals surface area contributed by atoms with Crippen molar-refractivity contribution in [1.29, 1.82) is 5.41 Å². The number of hydrogen-bond acceptors (Lipinski definition) is 1. The van der Waals surface area contributed by atoms with Crippen LogP contribution in [-0.2, 0) is 0 Å². The Morgan fingerprint density at radius 1 is 1.50 bits per heavy atom. The molecule has 0 amide bonds. The Morgan fingerprint density at radius 2 is 2.08 bits per heavy atom. The Balaban J connectivity index is 0. The van der Waals surface area contributed by atoms with Crippen LogP contribution in [0.5, 0.6) is 0 Å². The summed E-state index contributed by atoms with van der Waals surface area (Å²) < 4.78 is 0. The molecule has 0 heterocycles. The van der Waals surface area contributed by atoms with Crippen molar-refractivity contribution in [2.45, 2.75) is 19.8 Å². The molecule has 12 heavy (non-hydrogen) atoms. The molecule has 0 bridgehead atoms. The van der Waals surface area contributed by atoms with Crippen LogP contribution in [0.4, 0.5) is 0 Å². The second-order valence-electron chi connectivity index (χ2n) is 1.96. The molecule has 5 N–H and O–H groups in total. The van der Waals surface area contributed by atoms with Crippen LogP contribution in [0.1, 0.15) is 19.8 Å². The van der Waals surface area contributed by atoms with Gasteiger partial charge in [0.1, 0.15) is 0 Å². The van der Waals surface area contributed by atoms with Crippen LogP contribution in [0.15, 0.2) is 9.98 Å². The van der Waals surface area contributed by atoms with Crippen LogP contribution < -0.4 is 11.5 Å². The average molecular weight is 192 g/mol. The van der Waals surface area contributed by atoms with E-state index in [1.807, 2.05) is 6.92 Å². The second-order valence-corrected chi connectivity index (χ2v) is 1.96. The Hall–Kier alpha value is -1.10. The standard InChI is InChI=1S/C6H13N5.ClH/c1-2-3-4-10-6(9)11-5(7)8;/h4H,2-3H2,1H3,(H5,7,8,9,11);1H. The van der Waals surface area contributed by atoms with Gasteiger partial charge < -0.3 is 11.5 Å². The first kappa shape index (κ1) is 13.5. The highest BCUT2D eigenvalue weighted by Gasteiger charge is 1.86. The minimum Gasteiger partial charge on any atom is -0.370 e. The quantitative estimate of drug-likeness (QED) is 0.437. The molecule has 0 unspecified atom stereocenters. The van der Waals surface area contributed by atoms with E-state index in [1.54, 1.807) is 6.21 Å². The number of unbranched alkanes of at least 4 members (excludes halogenated alkanes) is 1. The molecule has 0 fully saturated rings. The number of nitrogens with one attached hydrogen (secondary N) is 1. The zero-order valence-corrected chi connectivity index (χ0v) is 7.77. The summed E-state index contributed by atoms with van der Waals surface area (Å²) in [7, 11) is 0. The molecule has 70 valence electrons. The summed E-state index contributed by atoms with van der Waals surface area (Å²) in [4.78, 5) is 7.07. The molecule has 0 rings (SSSR count). The third-order valence-electron chi connectivity index (χ3n) is 0.866. The van der Waals surface area contributed by atoms with E-state index in [-0.39, 0.29) is 24.3 Å². The summed E-state index contributed by atoms with van der Waals surface area (Å²) in [5.74, 6) is -0.290. The maximum atomic E-state index is 7.05. The SMILES string of the molecule is CCCC=NC(=N)N=C(N)N.Cl. The van der Waals surface area contributed by atoms with Crippen molar-refractivity contribution < 1.29 is 0 Å². The van der Waals surface area contributed by atoms with Crippen LogP contribution in [0.2, 0.25) is 0 Å². The molecular formula is C6H14ClN5. The third kappa shape index (κ3) is 8.90. The van der Waals surface area contributed by atoms with E-state index in [2.05, 4.69) is 9.98 Å². The smallest absolute Gasteiger partial charge is 0.244 e. The van der Waals surface area contributed by atoms with Crippen molar-refractivity contribution in [3.05, 3.63) is 0 Å². The van der Waals surface area contributed by atoms with Gasteiger partial charge in [-0.1, -0.05) is 13.3 Å². The molecule has 0 aromatic rings. The highest BCUT2D eigenvalue weighted by molar-refractivity contribution is 5.95. The van der Waals surface area contributed by atoms with E-state index < -0.39 is 0 Å². The molecule has 0 aliphatic heterocycles. The number of halogens is 1. The minimum absolute atomic E-state index is 0. The molecule has 0 spiro atoms. The largest absolute Gasteiger partial charge is 0.370 e. The van der Waals surface area contributed by atoms with E-state index in [1.165, 1.54) is 0 Å². The lowest BCUT2D eigenvalue weighted by Crippen LogP contribution is -2.23. The summed E-state index contributed by atoms with van der Waals surface area (Å²) in [5.41, 5.74) is 10.0. The van der Waals surface area contributed by atoms with E-state index in [0.29, 0.717) is 0 Å². The maximum absolute atomic E-state index is 7.05. The van der Waals surface area contributed by atoms with Crippen molar-refractivity contribution in [2.24, 2.45) is 21.5 Å². The van der Waals surface area contributed by atoms with Crippen molar-refractivity contribution in [1.82, 2.24) is 0 Å². The van der Waals surface area contributed by atoms with Crippen LogP contribution >= 0.6 is 12.4 Å². The first-order valence-electron chi connectivity index (χ1n) is 3.37. The van der Waals surface area contributed by atoms with Gasteiger partial charge in [0, 0.05) is 6.21 Å². The number of aliphatic imine (C=N–C) groups is 2. The van der Waals surface area contributed by atoms with Gasteiger partial charge in [-0.15, -0.1) is 12.4 Å². The minimum atomic E-state index is -0.154. The fourth-order valence-electron chi connectivity index (χ4n) is 0.431. The van der Waals surface area contributed by atoms with Crippen LogP contribution in [-0.4, -0.2) is 18.1 Å². The van der Waals surface area contributed by atoms with Crippen LogP contribution in [0.3, 0.4) is 0 Å². The molecule has 0 saturated heterocycles. The van der Waals surface area contributed by atoms with E-state index >= 15 is 0 Å². The zero-order valence-electron chi connectivity index (χ0n) is 6.95. The van der Waals surface area contributed by atoms with Gasteiger partial charge >= 0.3 is 0 Å². The van der Waals surface area contributed by atoms with E-state index in [9.17, 15) is 0 Å². The Morgan fingerprint density at radius 3 is 2.50 bits per heavy atom. The summed E-state index contributed by atoms with van der Waals surface area (Å²) >= 11 is 0. The number of hydrogen-bond donors (Lipinski definition) is 3. The average Bonchev–Trinajstić information content (AvgIpc) is 1.86. The van der Waals surface area contributed by atoms with E-state index in [4.69, 9.17) is 16.9 Å². The summed E-state index contributed by atoms with van der Waals surface area (Å²) in [6.07, 6.45) is 3.45. The fraction of sp³-hybridized carbons (Fsp3) is 0.500. The molecule has 6 heteroatoms. The van der Waals surface area contributed by atoms with Gasteiger partial charge in [0.05, 0.1) is 0 Å². The van der Waals surface area contributed by atoms with E-state index in [0.717, 1.165) is 12.8 Å². The fourth-order valence-corrected chi connectivity index (χ4v) is 0.431. The van der Waals surface area contributed by atoms with Crippen LogP contribution in [0.25, 0.3) is 0 Å².